The van der Waals surface area contributed by atoms with E-state index >= 15 is 0 Å². The molecule has 3 heterocycles. The van der Waals surface area contributed by atoms with Crippen LogP contribution < -0.4 is 5.32 Å². The van der Waals surface area contributed by atoms with Gasteiger partial charge in [0.15, 0.2) is 5.82 Å². The molecule has 0 aliphatic carbocycles. The third-order valence-electron chi connectivity index (χ3n) is 3.62. The summed E-state index contributed by atoms with van der Waals surface area (Å²) >= 11 is 1.40. The van der Waals surface area contributed by atoms with Crippen molar-refractivity contribution in [2.75, 3.05) is 5.32 Å². The van der Waals surface area contributed by atoms with E-state index in [0.29, 0.717) is 16.5 Å². The molecule has 0 aromatic carbocycles. The van der Waals surface area contributed by atoms with Crippen LogP contribution in [0.3, 0.4) is 0 Å². The molecule has 8 heteroatoms. The van der Waals surface area contributed by atoms with E-state index in [9.17, 15) is 4.79 Å². The number of aromatic nitrogens is 5. The van der Waals surface area contributed by atoms with E-state index in [0.717, 1.165) is 23.5 Å². The molecule has 1 N–H and O–H groups in total. The van der Waals surface area contributed by atoms with E-state index in [1.807, 2.05) is 32.0 Å². The third kappa shape index (κ3) is 3.74. The van der Waals surface area contributed by atoms with Gasteiger partial charge in [0.2, 0.25) is 5.13 Å². The number of hydrogen-bond acceptors (Lipinski definition) is 6. The Labute approximate surface area is 150 Å². The van der Waals surface area contributed by atoms with Gasteiger partial charge in [-0.2, -0.15) is 5.10 Å². The minimum atomic E-state index is -0.231. The molecule has 0 saturated heterocycles. The second kappa shape index (κ2) is 7.52. The molecule has 0 spiro atoms. The number of aryl methyl sites for hydroxylation is 1. The van der Waals surface area contributed by atoms with Crippen molar-refractivity contribution in [3.63, 3.8) is 0 Å². The molecule has 0 radical (unpaired) electrons. The fourth-order valence-corrected chi connectivity index (χ4v) is 3.37. The van der Waals surface area contributed by atoms with Crippen LogP contribution >= 0.6 is 11.3 Å². The predicted octanol–water partition coefficient (Wildman–Crippen LogP) is 3.45. The lowest BCUT2D eigenvalue weighted by molar-refractivity contribution is 0.102. The van der Waals surface area contributed by atoms with Gasteiger partial charge < -0.3 is 0 Å². The third-order valence-corrected chi connectivity index (χ3v) is 4.51. The fraction of sp³-hybridized carbons (Fsp3) is 0.353. The number of rotatable bonds is 6. The molecule has 0 atom stereocenters. The zero-order valence-electron chi connectivity index (χ0n) is 14.4. The second-order valence-corrected chi connectivity index (χ2v) is 6.97. The number of amides is 1. The Hall–Kier alpha value is -2.61. The number of nitrogens with one attached hydrogen (secondary N) is 1. The first-order valence-electron chi connectivity index (χ1n) is 8.23. The highest BCUT2D eigenvalue weighted by atomic mass is 32.1. The smallest absolute Gasteiger partial charge is 0.260 e. The van der Waals surface area contributed by atoms with E-state index in [2.05, 4.69) is 32.5 Å². The van der Waals surface area contributed by atoms with Gasteiger partial charge in [0.05, 0.1) is 17.5 Å². The lowest BCUT2D eigenvalue weighted by Gasteiger charge is -2.11. The van der Waals surface area contributed by atoms with Crippen LogP contribution in [-0.2, 0) is 6.42 Å². The summed E-state index contributed by atoms with van der Waals surface area (Å²) in [4.78, 5) is 17.0. The van der Waals surface area contributed by atoms with E-state index < -0.39 is 0 Å². The highest BCUT2D eigenvalue weighted by Gasteiger charge is 2.22. The van der Waals surface area contributed by atoms with Crippen LogP contribution in [0, 0.1) is 0 Å². The molecule has 0 saturated carbocycles. The zero-order valence-corrected chi connectivity index (χ0v) is 15.2. The molecule has 1 amide bonds. The highest BCUT2D eigenvalue weighted by molar-refractivity contribution is 7.15. The molecule has 0 aliphatic heterocycles. The predicted molar refractivity (Wildman–Crippen MR) is 97.3 cm³/mol. The molecular weight excluding hydrogens is 336 g/mol. The van der Waals surface area contributed by atoms with Crippen molar-refractivity contribution in [3.05, 3.63) is 46.9 Å². The maximum absolute atomic E-state index is 12.7. The normalized spacial score (nSPS) is 11.0. The largest absolute Gasteiger partial charge is 0.296 e. The minimum Gasteiger partial charge on any atom is -0.296 e. The fourth-order valence-electron chi connectivity index (χ4n) is 2.53. The quantitative estimate of drug-likeness (QED) is 0.731. The van der Waals surface area contributed by atoms with Gasteiger partial charge in [-0.15, -0.1) is 10.2 Å². The Morgan fingerprint density at radius 2 is 2.16 bits per heavy atom. The Balaban J connectivity index is 1.88. The Morgan fingerprint density at radius 1 is 1.32 bits per heavy atom. The van der Waals surface area contributed by atoms with Gasteiger partial charge in [0, 0.05) is 12.6 Å². The average Bonchev–Trinajstić information content (AvgIpc) is 3.23. The van der Waals surface area contributed by atoms with Gasteiger partial charge in [0.25, 0.3) is 5.91 Å². The van der Waals surface area contributed by atoms with E-state index in [4.69, 9.17) is 0 Å². The number of hydrogen-bond donors (Lipinski definition) is 1. The van der Waals surface area contributed by atoms with Gasteiger partial charge in [0.1, 0.15) is 5.01 Å². The molecule has 3 aromatic rings. The van der Waals surface area contributed by atoms with E-state index in [-0.39, 0.29) is 11.8 Å². The number of nitrogens with zero attached hydrogens (tertiary/aromatic N) is 5. The van der Waals surface area contributed by atoms with Gasteiger partial charge in [-0.25, -0.2) is 9.67 Å². The molecule has 0 unspecified atom stereocenters. The number of carbonyl (C=O) groups is 1. The average molecular weight is 356 g/mol. The van der Waals surface area contributed by atoms with Crippen molar-refractivity contribution in [3.8, 4) is 5.82 Å². The van der Waals surface area contributed by atoms with Crippen LogP contribution in [0.25, 0.3) is 5.82 Å². The van der Waals surface area contributed by atoms with Crippen LogP contribution in [0.5, 0.6) is 0 Å². The molecule has 25 heavy (non-hydrogen) atoms. The Kier molecular flexibility index (Phi) is 5.18. The SMILES string of the molecule is CCCc1nnc(NC(=O)c2cnn(-c3ccccn3)c2C(C)C)s1. The summed E-state index contributed by atoms with van der Waals surface area (Å²) in [6.07, 6.45) is 5.14. The van der Waals surface area contributed by atoms with Crippen molar-refractivity contribution in [1.82, 2.24) is 25.0 Å². The molecule has 3 aromatic heterocycles. The number of carbonyl (C=O) groups excluding carboxylic acids is 1. The van der Waals surface area contributed by atoms with Crippen molar-refractivity contribution in [2.45, 2.75) is 39.5 Å². The lowest BCUT2D eigenvalue weighted by atomic mass is 10.1. The van der Waals surface area contributed by atoms with Crippen LogP contribution in [0.2, 0.25) is 0 Å². The first kappa shape index (κ1) is 17.2. The summed E-state index contributed by atoms with van der Waals surface area (Å²) < 4.78 is 1.71. The maximum Gasteiger partial charge on any atom is 0.260 e. The minimum absolute atomic E-state index is 0.107. The van der Waals surface area contributed by atoms with Crippen molar-refractivity contribution in [1.29, 1.82) is 0 Å². The molecule has 0 bridgehead atoms. The molecular formula is C17H20N6OS. The summed E-state index contributed by atoms with van der Waals surface area (Å²) in [6, 6.07) is 5.60. The second-order valence-electron chi connectivity index (χ2n) is 5.90. The summed E-state index contributed by atoms with van der Waals surface area (Å²) in [5.74, 6) is 0.562. The van der Waals surface area contributed by atoms with Crippen LogP contribution in [0.15, 0.2) is 30.6 Å². The lowest BCUT2D eigenvalue weighted by Crippen LogP contribution is -2.15. The summed E-state index contributed by atoms with van der Waals surface area (Å²) in [5.41, 5.74) is 1.34. The topological polar surface area (TPSA) is 85.6 Å². The van der Waals surface area contributed by atoms with Crippen LogP contribution in [0.4, 0.5) is 5.13 Å². The van der Waals surface area contributed by atoms with Crippen molar-refractivity contribution >= 4 is 22.4 Å². The van der Waals surface area contributed by atoms with Crippen molar-refractivity contribution < 1.29 is 4.79 Å². The highest BCUT2D eigenvalue weighted by Crippen LogP contribution is 2.24. The first-order chi connectivity index (χ1) is 12.1. The summed E-state index contributed by atoms with van der Waals surface area (Å²) in [5, 5.41) is 16.7. The maximum atomic E-state index is 12.7. The van der Waals surface area contributed by atoms with E-state index in [1.54, 1.807) is 17.1 Å². The number of anilines is 1. The molecule has 0 fully saturated rings. The van der Waals surface area contributed by atoms with Gasteiger partial charge >= 0.3 is 0 Å². The Morgan fingerprint density at radius 3 is 2.84 bits per heavy atom. The van der Waals surface area contributed by atoms with Gasteiger partial charge in [-0.3, -0.25) is 10.1 Å². The van der Waals surface area contributed by atoms with Crippen molar-refractivity contribution in [2.24, 2.45) is 0 Å². The van der Waals surface area contributed by atoms with Crippen LogP contribution in [-0.4, -0.2) is 30.9 Å². The van der Waals surface area contributed by atoms with Gasteiger partial charge in [-0.1, -0.05) is 38.2 Å². The van der Waals surface area contributed by atoms with E-state index in [1.165, 1.54) is 11.3 Å². The molecule has 3 rings (SSSR count). The zero-order chi connectivity index (χ0) is 17.8. The monoisotopic (exact) mass is 356 g/mol. The van der Waals surface area contributed by atoms with Gasteiger partial charge in [-0.05, 0) is 24.5 Å². The molecule has 0 aliphatic rings. The summed E-state index contributed by atoms with van der Waals surface area (Å²) in [6.45, 7) is 6.13. The first-order valence-corrected chi connectivity index (χ1v) is 9.04. The molecule has 130 valence electrons. The van der Waals surface area contributed by atoms with Crippen LogP contribution in [0.1, 0.15) is 54.2 Å². The number of pyridine rings is 1. The molecule has 7 nitrogen and oxygen atoms in total. The standard InChI is InChI=1S/C17H20N6OS/c1-4-7-14-21-22-17(25-14)20-16(24)12-10-19-23(15(12)11(2)3)13-8-5-6-9-18-13/h5-6,8-11H,4,7H2,1-3H3,(H,20,22,24). The Bertz CT molecular complexity index is 855. The summed E-state index contributed by atoms with van der Waals surface area (Å²) in [7, 11) is 0.